The molecule has 7 heavy (non-hydrogen) atoms. The van der Waals surface area contributed by atoms with Crippen LogP contribution in [0.5, 0.6) is 0 Å². The SMILES string of the molecule is COC(C=N)C=N. The van der Waals surface area contributed by atoms with E-state index in [1.54, 1.807) is 0 Å². The van der Waals surface area contributed by atoms with Crippen LogP contribution in [-0.2, 0) is 4.74 Å². The Morgan fingerprint density at radius 1 is 1.43 bits per heavy atom. The highest BCUT2D eigenvalue weighted by Gasteiger charge is 1.91. The highest BCUT2D eigenvalue weighted by atomic mass is 16.5. The molecule has 2 N–H and O–H groups in total. The summed E-state index contributed by atoms with van der Waals surface area (Å²) in [6, 6.07) is 0. The van der Waals surface area contributed by atoms with Gasteiger partial charge in [-0.05, 0) is 0 Å². The van der Waals surface area contributed by atoms with Crippen molar-refractivity contribution in [1.29, 1.82) is 10.8 Å². The molecule has 3 nitrogen and oxygen atoms in total. The van der Waals surface area contributed by atoms with Crippen LogP contribution in [-0.4, -0.2) is 25.6 Å². The fraction of sp³-hybridized carbons (Fsp3) is 0.500. The highest BCUT2D eigenvalue weighted by molar-refractivity contribution is 5.83. The molecular weight excluding hydrogens is 92.1 g/mol. The third kappa shape index (κ3) is 2.05. The van der Waals surface area contributed by atoms with Gasteiger partial charge < -0.3 is 15.6 Å². The predicted octanol–water partition coefficient (Wildman–Crippen LogP) is 0.301. The van der Waals surface area contributed by atoms with Gasteiger partial charge in [0.05, 0.1) is 0 Å². The van der Waals surface area contributed by atoms with Gasteiger partial charge >= 0.3 is 0 Å². The molecule has 3 heteroatoms. The van der Waals surface area contributed by atoms with Crippen molar-refractivity contribution in [2.24, 2.45) is 0 Å². The highest BCUT2D eigenvalue weighted by Crippen LogP contribution is 1.74. The molecule has 0 bridgehead atoms. The standard InChI is InChI=1S/C4H8N2O/c1-7-4(2-5)3-6/h2-6H,1H3. The maximum Gasteiger partial charge on any atom is 0.126 e. The zero-order chi connectivity index (χ0) is 5.70. The smallest absolute Gasteiger partial charge is 0.126 e. The van der Waals surface area contributed by atoms with E-state index in [4.69, 9.17) is 10.8 Å². The first kappa shape index (κ1) is 6.30. The van der Waals surface area contributed by atoms with Gasteiger partial charge in [-0.2, -0.15) is 0 Å². The molecule has 0 heterocycles. The number of ether oxygens (including phenoxy) is 1. The number of nitrogens with one attached hydrogen (secondary N) is 2. The molecule has 0 unspecified atom stereocenters. The second-order valence-electron chi connectivity index (χ2n) is 1.03. The van der Waals surface area contributed by atoms with E-state index in [0.29, 0.717) is 0 Å². The Balaban J connectivity index is 3.36. The van der Waals surface area contributed by atoms with E-state index in [2.05, 4.69) is 4.74 Å². The lowest BCUT2D eigenvalue weighted by Gasteiger charge is -1.97. The Kier molecular flexibility index (Phi) is 3.14. The predicted molar refractivity (Wildman–Crippen MR) is 28.4 cm³/mol. The van der Waals surface area contributed by atoms with Gasteiger partial charge in [-0.15, -0.1) is 0 Å². The Hall–Kier alpha value is -0.700. The Bertz CT molecular complexity index is 64.1. The maximum absolute atomic E-state index is 6.56. The number of hydrogen-bond acceptors (Lipinski definition) is 3. The van der Waals surface area contributed by atoms with E-state index in [1.165, 1.54) is 7.11 Å². The van der Waals surface area contributed by atoms with Crippen molar-refractivity contribution >= 4 is 12.4 Å². The van der Waals surface area contributed by atoms with Gasteiger partial charge in [0, 0.05) is 19.5 Å². The summed E-state index contributed by atoms with van der Waals surface area (Å²) in [5.41, 5.74) is 0. The molecular formula is C4H8N2O. The average molecular weight is 100 g/mol. The summed E-state index contributed by atoms with van der Waals surface area (Å²) in [6.07, 6.45) is 1.69. The first-order valence-electron chi connectivity index (χ1n) is 1.89. The van der Waals surface area contributed by atoms with Crippen LogP contribution >= 0.6 is 0 Å². The molecule has 0 aliphatic carbocycles. The minimum absolute atomic E-state index is 0.431. The zero-order valence-electron chi connectivity index (χ0n) is 4.14. The molecule has 0 aromatic rings. The van der Waals surface area contributed by atoms with E-state index in [-0.39, 0.29) is 0 Å². The molecule has 40 valence electrons. The van der Waals surface area contributed by atoms with E-state index < -0.39 is 6.10 Å². The van der Waals surface area contributed by atoms with Crippen molar-refractivity contribution in [3.63, 3.8) is 0 Å². The summed E-state index contributed by atoms with van der Waals surface area (Å²) in [5.74, 6) is 0. The van der Waals surface area contributed by atoms with Gasteiger partial charge in [0.2, 0.25) is 0 Å². The quantitative estimate of drug-likeness (QED) is 0.492. The van der Waals surface area contributed by atoms with Gasteiger partial charge in [0.1, 0.15) is 6.10 Å². The van der Waals surface area contributed by atoms with Crippen LogP contribution in [0.2, 0.25) is 0 Å². The van der Waals surface area contributed by atoms with Gasteiger partial charge in [-0.3, -0.25) is 0 Å². The largest absolute Gasteiger partial charge is 0.370 e. The molecule has 0 radical (unpaired) electrons. The van der Waals surface area contributed by atoms with Crippen LogP contribution in [0.15, 0.2) is 0 Å². The third-order valence-electron chi connectivity index (χ3n) is 0.601. The van der Waals surface area contributed by atoms with Crippen LogP contribution in [0.1, 0.15) is 0 Å². The van der Waals surface area contributed by atoms with Crippen molar-refractivity contribution in [1.82, 2.24) is 0 Å². The topological polar surface area (TPSA) is 56.9 Å². The first-order valence-corrected chi connectivity index (χ1v) is 1.89. The first-order chi connectivity index (χ1) is 3.35. The molecule has 0 rings (SSSR count). The second-order valence-corrected chi connectivity index (χ2v) is 1.03. The maximum atomic E-state index is 6.56. The van der Waals surface area contributed by atoms with Crippen LogP contribution < -0.4 is 0 Å². The van der Waals surface area contributed by atoms with Gasteiger partial charge in [-0.1, -0.05) is 0 Å². The van der Waals surface area contributed by atoms with Gasteiger partial charge in [-0.25, -0.2) is 0 Å². The fourth-order valence-corrected chi connectivity index (χ4v) is 0.184. The fourth-order valence-electron chi connectivity index (χ4n) is 0.184. The van der Waals surface area contributed by atoms with Crippen molar-refractivity contribution in [2.45, 2.75) is 6.10 Å². The molecule has 0 spiro atoms. The summed E-state index contributed by atoms with van der Waals surface area (Å²) in [5, 5.41) is 13.1. The van der Waals surface area contributed by atoms with Crippen molar-refractivity contribution in [2.75, 3.05) is 7.11 Å². The lowest BCUT2D eigenvalue weighted by molar-refractivity contribution is 0.210. The molecule has 0 aliphatic heterocycles. The van der Waals surface area contributed by atoms with Crippen LogP contribution in [0.3, 0.4) is 0 Å². The average Bonchev–Trinajstić information content (AvgIpc) is 1.72. The van der Waals surface area contributed by atoms with Gasteiger partial charge in [0.25, 0.3) is 0 Å². The minimum atomic E-state index is -0.431. The van der Waals surface area contributed by atoms with Crippen molar-refractivity contribution in [3.05, 3.63) is 0 Å². The lowest BCUT2D eigenvalue weighted by Crippen LogP contribution is -2.11. The Morgan fingerprint density at radius 3 is 1.86 bits per heavy atom. The molecule has 0 amide bonds. The minimum Gasteiger partial charge on any atom is -0.370 e. The van der Waals surface area contributed by atoms with Gasteiger partial charge in [0.15, 0.2) is 0 Å². The lowest BCUT2D eigenvalue weighted by atomic mass is 10.4. The van der Waals surface area contributed by atoms with E-state index in [0.717, 1.165) is 12.4 Å². The summed E-state index contributed by atoms with van der Waals surface area (Å²) in [4.78, 5) is 0. The number of methoxy groups -OCH3 is 1. The normalized spacial score (nSPS) is 12.7. The van der Waals surface area contributed by atoms with E-state index in [1.807, 2.05) is 0 Å². The molecule has 0 fully saturated rings. The molecule has 0 aromatic heterocycles. The molecule has 0 atom stereocenters. The summed E-state index contributed by atoms with van der Waals surface area (Å²) in [6.45, 7) is 0. The third-order valence-corrected chi connectivity index (χ3v) is 0.601. The molecule has 0 aromatic carbocycles. The zero-order valence-corrected chi connectivity index (χ0v) is 4.14. The second kappa shape index (κ2) is 3.49. The van der Waals surface area contributed by atoms with Crippen molar-refractivity contribution < 1.29 is 4.74 Å². The number of hydrogen-bond donors (Lipinski definition) is 2. The summed E-state index contributed by atoms with van der Waals surface area (Å²) < 4.78 is 4.56. The van der Waals surface area contributed by atoms with Crippen LogP contribution in [0.4, 0.5) is 0 Å². The Labute approximate surface area is 42.3 Å². The van der Waals surface area contributed by atoms with E-state index in [9.17, 15) is 0 Å². The van der Waals surface area contributed by atoms with Crippen LogP contribution in [0, 0.1) is 10.8 Å². The number of rotatable bonds is 3. The van der Waals surface area contributed by atoms with Crippen LogP contribution in [0.25, 0.3) is 0 Å². The molecule has 0 saturated carbocycles. The van der Waals surface area contributed by atoms with Crippen molar-refractivity contribution in [3.8, 4) is 0 Å². The summed E-state index contributed by atoms with van der Waals surface area (Å²) >= 11 is 0. The van der Waals surface area contributed by atoms with E-state index >= 15 is 0 Å². The monoisotopic (exact) mass is 100 g/mol. The molecule has 0 aliphatic rings. The Morgan fingerprint density at radius 2 is 1.86 bits per heavy atom. The summed E-state index contributed by atoms with van der Waals surface area (Å²) in [7, 11) is 1.46. The molecule has 0 saturated heterocycles.